The molecule has 1 aromatic carbocycles. The molecule has 0 spiro atoms. The number of carbonyl (C=O) groups is 1. The van der Waals surface area contributed by atoms with Gasteiger partial charge in [0.05, 0.1) is 17.3 Å². The van der Waals surface area contributed by atoms with E-state index in [0.29, 0.717) is 36.9 Å². The number of rotatable bonds is 7. The van der Waals surface area contributed by atoms with Crippen LogP contribution in [-0.4, -0.2) is 69.4 Å². The fourth-order valence-electron chi connectivity index (χ4n) is 2.71. The number of nitrogens with zero attached hydrogens (tertiary/aromatic N) is 2. The zero-order valence-corrected chi connectivity index (χ0v) is 15.9. The summed E-state index contributed by atoms with van der Waals surface area (Å²) in [6, 6.07) is 8.56. The van der Waals surface area contributed by atoms with Crippen LogP contribution in [0, 0.1) is 5.92 Å². The van der Waals surface area contributed by atoms with Crippen molar-refractivity contribution >= 4 is 15.9 Å². The second kappa shape index (κ2) is 9.20. The van der Waals surface area contributed by atoms with Gasteiger partial charge in [-0.3, -0.25) is 4.90 Å². The topological polar surface area (TPSA) is 66.9 Å². The lowest BCUT2D eigenvalue weighted by atomic mass is 10.2. The number of ether oxygens (including phenoxy) is 1. The monoisotopic (exact) mass is 368 g/mol. The minimum absolute atomic E-state index is 0.146. The summed E-state index contributed by atoms with van der Waals surface area (Å²) in [6.45, 7) is 7.94. The molecule has 7 heteroatoms. The highest BCUT2D eigenvalue weighted by Gasteiger charge is 2.22. The highest BCUT2D eigenvalue weighted by Crippen LogP contribution is 2.12. The molecule has 1 heterocycles. The van der Waals surface area contributed by atoms with E-state index in [4.69, 9.17) is 4.74 Å². The molecule has 1 fully saturated rings. The lowest BCUT2D eigenvalue weighted by Gasteiger charge is -2.34. The van der Waals surface area contributed by atoms with Gasteiger partial charge in [0.2, 0.25) is 0 Å². The van der Waals surface area contributed by atoms with E-state index >= 15 is 0 Å². The molecule has 6 nitrogen and oxygen atoms in total. The molecule has 140 valence electrons. The van der Waals surface area contributed by atoms with Crippen LogP contribution in [0.5, 0.6) is 0 Å². The van der Waals surface area contributed by atoms with Crippen LogP contribution in [0.4, 0.5) is 4.79 Å². The molecule has 0 aliphatic carbocycles. The van der Waals surface area contributed by atoms with E-state index in [2.05, 4.69) is 4.90 Å². The molecule has 25 heavy (non-hydrogen) atoms. The molecule has 1 aliphatic rings. The number of sulfone groups is 1. The smallest absolute Gasteiger partial charge is 0.409 e. The molecule has 1 aliphatic heterocycles. The first kappa shape index (κ1) is 19.7. The van der Waals surface area contributed by atoms with Gasteiger partial charge in [-0.25, -0.2) is 13.2 Å². The van der Waals surface area contributed by atoms with Gasteiger partial charge in [0.1, 0.15) is 0 Å². The Kier molecular flexibility index (Phi) is 7.25. The van der Waals surface area contributed by atoms with Crippen molar-refractivity contribution in [1.29, 1.82) is 0 Å². The van der Waals surface area contributed by atoms with E-state index in [0.717, 1.165) is 19.6 Å². The highest BCUT2D eigenvalue weighted by atomic mass is 32.2. The van der Waals surface area contributed by atoms with Crippen LogP contribution < -0.4 is 0 Å². The molecule has 2 rings (SSSR count). The minimum atomic E-state index is -3.21. The second-order valence-electron chi connectivity index (χ2n) is 6.78. The Hall–Kier alpha value is -1.60. The van der Waals surface area contributed by atoms with Gasteiger partial charge in [-0.05, 0) is 31.0 Å². The van der Waals surface area contributed by atoms with Crippen molar-refractivity contribution in [1.82, 2.24) is 9.80 Å². The van der Waals surface area contributed by atoms with Gasteiger partial charge in [-0.1, -0.05) is 32.0 Å². The Morgan fingerprint density at radius 2 is 1.76 bits per heavy atom. The van der Waals surface area contributed by atoms with Gasteiger partial charge in [0, 0.05) is 26.2 Å². The molecule has 0 radical (unpaired) electrons. The second-order valence-corrected chi connectivity index (χ2v) is 8.89. The Bertz CT molecular complexity index is 638. The van der Waals surface area contributed by atoms with Crippen LogP contribution in [-0.2, 0) is 14.6 Å². The van der Waals surface area contributed by atoms with Crippen LogP contribution in [0.2, 0.25) is 0 Å². The molecule has 1 amide bonds. The molecule has 1 aromatic rings. The summed E-state index contributed by atoms with van der Waals surface area (Å²) in [6.07, 6.45) is 0.342. The van der Waals surface area contributed by atoms with Gasteiger partial charge < -0.3 is 9.64 Å². The summed E-state index contributed by atoms with van der Waals surface area (Å²) in [4.78, 5) is 16.2. The van der Waals surface area contributed by atoms with Crippen LogP contribution in [0.3, 0.4) is 0 Å². The SMILES string of the molecule is CC(C)COC(=O)N1CCN(CCCS(=O)(=O)c2ccccc2)CC1. The van der Waals surface area contributed by atoms with Crippen LogP contribution in [0.25, 0.3) is 0 Å². The maximum Gasteiger partial charge on any atom is 0.409 e. The Morgan fingerprint density at radius 1 is 1.12 bits per heavy atom. The predicted molar refractivity (Wildman–Crippen MR) is 97.3 cm³/mol. The molecule has 0 N–H and O–H groups in total. The average Bonchev–Trinajstić information content (AvgIpc) is 2.61. The summed E-state index contributed by atoms with van der Waals surface area (Å²) in [7, 11) is -3.21. The lowest BCUT2D eigenvalue weighted by molar-refractivity contribution is 0.0692. The third-order valence-electron chi connectivity index (χ3n) is 4.16. The van der Waals surface area contributed by atoms with Gasteiger partial charge >= 0.3 is 6.09 Å². The molecule has 0 unspecified atom stereocenters. The van der Waals surface area contributed by atoms with E-state index in [1.54, 1.807) is 29.2 Å². The van der Waals surface area contributed by atoms with Crippen molar-refractivity contribution in [3.8, 4) is 0 Å². The molecule has 0 bridgehead atoms. The van der Waals surface area contributed by atoms with E-state index in [-0.39, 0.29) is 11.8 Å². The number of carbonyl (C=O) groups excluding carboxylic acids is 1. The van der Waals surface area contributed by atoms with Gasteiger partial charge in [0.25, 0.3) is 0 Å². The van der Waals surface area contributed by atoms with Gasteiger partial charge in [0.15, 0.2) is 9.84 Å². The first-order valence-electron chi connectivity index (χ1n) is 8.80. The summed E-state index contributed by atoms with van der Waals surface area (Å²) in [5.74, 6) is 0.477. The zero-order chi connectivity index (χ0) is 18.3. The predicted octanol–water partition coefficient (Wildman–Crippen LogP) is 2.26. The minimum Gasteiger partial charge on any atom is -0.449 e. The molecule has 1 saturated heterocycles. The fraction of sp³-hybridized carbons (Fsp3) is 0.611. The number of piperazine rings is 1. The maximum atomic E-state index is 12.3. The standard InChI is InChI=1S/C18H28N2O4S/c1-16(2)15-24-18(21)20-12-10-19(11-13-20)9-6-14-25(22,23)17-7-4-3-5-8-17/h3-5,7-8,16H,6,9-15H2,1-2H3. The third kappa shape index (κ3) is 6.32. The van der Waals surface area contributed by atoms with E-state index in [1.165, 1.54) is 0 Å². The van der Waals surface area contributed by atoms with Crippen LogP contribution in [0.1, 0.15) is 20.3 Å². The third-order valence-corrected chi connectivity index (χ3v) is 5.98. The first-order chi connectivity index (χ1) is 11.9. The Morgan fingerprint density at radius 3 is 2.36 bits per heavy atom. The zero-order valence-electron chi connectivity index (χ0n) is 15.1. The van der Waals surface area contributed by atoms with Crippen molar-refractivity contribution in [2.75, 3.05) is 45.1 Å². The molecular formula is C18H28N2O4S. The number of hydrogen-bond acceptors (Lipinski definition) is 5. The number of amides is 1. The molecular weight excluding hydrogens is 340 g/mol. The van der Waals surface area contributed by atoms with Crippen molar-refractivity contribution in [3.05, 3.63) is 30.3 Å². The normalized spacial score (nSPS) is 16.2. The highest BCUT2D eigenvalue weighted by molar-refractivity contribution is 7.91. The lowest BCUT2D eigenvalue weighted by Crippen LogP contribution is -2.49. The average molecular weight is 368 g/mol. The molecule has 0 saturated carbocycles. The quantitative estimate of drug-likeness (QED) is 0.738. The number of hydrogen-bond donors (Lipinski definition) is 0. The van der Waals surface area contributed by atoms with Gasteiger partial charge in [-0.15, -0.1) is 0 Å². The summed E-state index contributed by atoms with van der Waals surface area (Å²) < 4.78 is 29.8. The van der Waals surface area contributed by atoms with Crippen molar-refractivity contribution in [3.63, 3.8) is 0 Å². The number of benzene rings is 1. The van der Waals surface area contributed by atoms with E-state index in [1.807, 2.05) is 19.9 Å². The summed E-state index contributed by atoms with van der Waals surface area (Å²) >= 11 is 0. The fourth-order valence-corrected chi connectivity index (χ4v) is 4.02. The Balaban J connectivity index is 1.70. The van der Waals surface area contributed by atoms with Crippen LogP contribution in [0.15, 0.2) is 35.2 Å². The molecule has 0 aromatic heterocycles. The summed E-state index contributed by atoms with van der Waals surface area (Å²) in [5.41, 5.74) is 0. The first-order valence-corrected chi connectivity index (χ1v) is 10.5. The van der Waals surface area contributed by atoms with Gasteiger partial charge in [-0.2, -0.15) is 0 Å². The van der Waals surface area contributed by atoms with E-state index in [9.17, 15) is 13.2 Å². The Labute approximate surface area is 150 Å². The van der Waals surface area contributed by atoms with E-state index < -0.39 is 9.84 Å². The molecule has 0 atom stereocenters. The largest absolute Gasteiger partial charge is 0.449 e. The van der Waals surface area contributed by atoms with Crippen molar-refractivity contribution in [2.24, 2.45) is 5.92 Å². The van der Waals surface area contributed by atoms with Crippen LogP contribution >= 0.6 is 0 Å². The van der Waals surface area contributed by atoms with Crippen molar-refractivity contribution in [2.45, 2.75) is 25.2 Å². The maximum absolute atomic E-state index is 12.3. The van der Waals surface area contributed by atoms with Crippen molar-refractivity contribution < 1.29 is 17.9 Å². The summed E-state index contributed by atoms with van der Waals surface area (Å²) in [5, 5.41) is 0.